The highest BCUT2D eigenvalue weighted by Gasteiger charge is 2.20. The number of hydrogen-bond donors (Lipinski definition) is 0. The zero-order chi connectivity index (χ0) is 43.5. The van der Waals surface area contributed by atoms with Gasteiger partial charge in [0.15, 0.2) is 0 Å². The lowest BCUT2D eigenvalue weighted by Crippen LogP contribution is -1.94. The fraction of sp³-hybridized carbons (Fsp3) is 0. The summed E-state index contributed by atoms with van der Waals surface area (Å²) >= 11 is 0. The van der Waals surface area contributed by atoms with Crippen molar-refractivity contribution >= 4 is 65.6 Å². The molecule has 12 aromatic rings. The average Bonchev–Trinajstić information content (AvgIpc) is 4.01. The minimum atomic E-state index is -0.439. The first kappa shape index (κ1) is 25.5. The SMILES string of the molecule is [2H]c1c([2H])c([2H])c2c(c1[2H])c1c([2H])c(-c3ccc4c(c3)c3c(-c5ccccc5)cccc3n4-c3ccc(-c4ccccc4)cc3)c([2H])c([2H])c1n2-c1cccc2oc3ccccc3c12. The summed E-state index contributed by atoms with van der Waals surface area (Å²) in [6.07, 6.45) is 0. The topological polar surface area (TPSA) is 23.0 Å². The molecule has 0 saturated carbocycles. The number of aromatic nitrogens is 2. The van der Waals surface area contributed by atoms with Crippen LogP contribution in [0.4, 0.5) is 0 Å². The molecule has 0 amide bonds. The third-order valence-corrected chi connectivity index (χ3v) is 11.2. The van der Waals surface area contributed by atoms with Crippen LogP contribution in [0.15, 0.2) is 211 Å². The summed E-state index contributed by atoms with van der Waals surface area (Å²) in [5.74, 6) is 0. The van der Waals surface area contributed by atoms with Crippen LogP contribution in [0.1, 0.15) is 9.60 Å². The lowest BCUT2D eigenvalue weighted by Gasteiger charge is -2.11. The van der Waals surface area contributed by atoms with Gasteiger partial charge in [0, 0.05) is 32.6 Å². The fourth-order valence-electron chi connectivity index (χ4n) is 8.64. The Hall–Kier alpha value is -7.62. The number of hydrogen-bond acceptors (Lipinski definition) is 1. The number of rotatable bonds is 5. The highest BCUT2D eigenvalue weighted by atomic mass is 16.3. The molecular formula is C54H34N2O. The van der Waals surface area contributed by atoms with Crippen molar-refractivity contribution in [2.45, 2.75) is 0 Å². The Kier molecular flexibility index (Phi) is 5.56. The van der Waals surface area contributed by atoms with Gasteiger partial charge in [0.2, 0.25) is 0 Å². The van der Waals surface area contributed by atoms with Crippen molar-refractivity contribution in [3.05, 3.63) is 206 Å². The molecule has 0 unspecified atom stereocenters. The fourth-order valence-corrected chi connectivity index (χ4v) is 8.64. The van der Waals surface area contributed by atoms with Crippen molar-refractivity contribution in [2.75, 3.05) is 0 Å². The molecule has 0 fully saturated rings. The highest BCUT2D eigenvalue weighted by molar-refractivity contribution is 6.18. The maximum absolute atomic E-state index is 10.0. The standard InChI is InChI=1S/C54H34N2O/c1-3-13-35(14-4-1)36-25-29-40(30-26-36)55-48-32-28-39(34-45(48)53-41(19-11-21-49(53)55)37-15-5-2-6-16-37)38-27-31-47-44(33-38)42-17-7-9-20-46(42)56(47)50-22-12-24-52-54(50)43-18-8-10-23-51(43)57-52/h1-34H/i7D,9D,17D,20D,27D,31D,33D. The first-order valence-electron chi connectivity index (χ1n) is 22.4. The van der Waals surface area contributed by atoms with Gasteiger partial charge in [0.25, 0.3) is 0 Å². The van der Waals surface area contributed by atoms with Gasteiger partial charge in [-0.05, 0) is 100 Å². The predicted octanol–water partition coefficient (Wildman–Crippen LogP) is 14.8. The average molecular weight is 734 g/mol. The first-order valence-corrected chi connectivity index (χ1v) is 18.9. The van der Waals surface area contributed by atoms with Gasteiger partial charge < -0.3 is 13.6 Å². The third kappa shape index (κ3) is 4.86. The molecule has 0 saturated heterocycles. The summed E-state index contributed by atoms with van der Waals surface area (Å²) in [5, 5.41) is 3.67. The Morgan fingerprint density at radius 3 is 1.95 bits per heavy atom. The molecule has 0 atom stereocenters. The molecule has 266 valence electrons. The molecule has 0 N–H and O–H groups in total. The second-order valence-corrected chi connectivity index (χ2v) is 14.3. The van der Waals surface area contributed by atoms with Crippen LogP contribution in [0.25, 0.3) is 110 Å². The molecule has 0 aliphatic heterocycles. The van der Waals surface area contributed by atoms with E-state index in [1.165, 1.54) is 0 Å². The molecular weight excluding hydrogens is 693 g/mol. The van der Waals surface area contributed by atoms with Crippen molar-refractivity contribution in [3.8, 4) is 44.8 Å². The van der Waals surface area contributed by atoms with Gasteiger partial charge in [-0.2, -0.15) is 0 Å². The minimum absolute atomic E-state index is 0.100. The maximum Gasteiger partial charge on any atom is 0.137 e. The molecule has 0 aliphatic carbocycles. The lowest BCUT2D eigenvalue weighted by atomic mass is 9.97. The van der Waals surface area contributed by atoms with Crippen LogP contribution >= 0.6 is 0 Å². The number of furan rings is 1. The Labute approximate surface area is 338 Å². The summed E-state index contributed by atoms with van der Waals surface area (Å²) in [4.78, 5) is 0. The molecule has 3 heteroatoms. The molecule has 12 rings (SSSR count). The molecule has 9 aromatic carbocycles. The van der Waals surface area contributed by atoms with Crippen molar-refractivity contribution in [2.24, 2.45) is 0 Å². The van der Waals surface area contributed by atoms with Crippen LogP contribution in [0.5, 0.6) is 0 Å². The molecule has 0 bridgehead atoms. The van der Waals surface area contributed by atoms with Crippen molar-refractivity contribution < 1.29 is 14.0 Å². The molecule has 3 heterocycles. The zero-order valence-corrected chi connectivity index (χ0v) is 30.4. The molecule has 57 heavy (non-hydrogen) atoms. The van der Waals surface area contributed by atoms with E-state index in [0.717, 1.165) is 55.1 Å². The van der Waals surface area contributed by atoms with Crippen molar-refractivity contribution in [3.63, 3.8) is 0 Å². The third-order valence-electron chi connectivity index (χ3n) is 11.2. The molecule has 0 spiro atoms. The van der Waals surface area contributed by atoms with Crippen LogP contribution < -0.4 is 0 Å². The zero-order valence-electron chi connectivity index (χ0n) is 37.4. The van der Waals surface area contributed by atoms with Gasteiger partial charge in [-0.15, -0.1) is 0 Å². The van der Waals surface area contributed by atoms with Gasteiger partial charge in [0.1, 0.15) is 11.2 Å². The summed E-state index contributed by atoms with van der Waals surface area (Å²) in [6, 6.07) is 52.2. The number of nitrogens with zero attached hydrogens (tertiary/aromatic N) is 2. The quantitative estimate of drug-likeness (QED) is 0.173. The van der Waals surface area contributed by atoms with E-state index < -0.39 is 12.1 Å². The predicted molar refractivity (Wildman–Crippen MR) is 239 cm³/mol. The number of fused-ring (bicyclic) bond motifs is 9. The van der Waals surface area contributed by atoms with E-state index >= 15 is 0 Å². The van der Waals surface area contributed by atoms with Crippen LogP contribution in [-0.4, -0.2) is 9.13 Å². The molecule has 3 nitrogen and oxygen atoms in total. The van der Waals surface area contributed by atoms with E-state index in [0.29, 0.717) is 27.8 Å². The summed E-state index contributed by atoms with van der Waals surface area (Å²) in [5.41, 5.74) is 9.90. The van der Waals surface area contributed by atoms with E-state index in [2.05, 4.69) is 71.3 Å². The van der Waals surface area contributed by atoms with Gasteiger partial charge in [0.05, 0.1) is 42.7 Å². The first-order chi connectivity index (χ1) is 31.2. The minimum Gasteiger partial charge on any atom is -0.456 e. The van der Waals surface area contributed by atoms with Gasteiger partial charge in [-0.1, -0.05) is 139 Å². The van der Waals surface area contributed by atoms with E-state index in [4.69, 9.17) is 7.16 Å². The smallest absolute Gasteiger partial charge is 0.137 e. The monoisotopic (exact) mass is 733 g/mol. The van der Waals surface area contributed by atoms with Crippen LogP contribution in [0.3, 0.4) is 0 Å². The van der Waals surface area contributed by atoms with Gasteiger partial charge >= 0.3 is 0 Å². The van der Waals surface area contributed by atoms with Crippen molar-refractivity contribution in [1.29, 1.82) is 0 Å². The Morgan fingerprint density at radius 2 is 1.09 bits per heavy atom. The van der Waals surface area contributed by atoms with Crippen LogP contribution in [-0.2, 0) is 0 Å². The molecule has 3 aromatic heterocycles. The van der Waals surface area contributed by atoms with Crippen LogP contribution in [0.2, 0.25) is 0 Å². The van der Waals surface area contributed by atoms with Crippen molar-refractivity contribution in [1.82, 2.24) is 9.13 Å². The normalized spacial score (nSPS) is 13.6. The van der Waals surface area contributed by atoms with Gasteiger partial charge in [-0.25, -0.2) is 0 Å². The highest BCUT2D eigenvalue weighted by Crippen LogP contribution is 2.43. The summed E-state index contributed by atoms with van der Waals surface area (Å²) in [6.45, 7) is 0. The Balaban J connectivity index is 1.16. The summed E-state index contributed by atoms with van der Waals surface area (Å²) in [7, 11) is 0. The van der Waals surface area contributed by atoms with E-state index in [1.54, 1.807) is 10.6 Å². The molecule has 0 aliphatic rings. The second-order valence-electron chi connectivity index (χ2n) is 14.3. The lowest BCUT2D eigenvalue weighted by molar-refractivity contribution is 0.669. The Bertz CT molecular complexity index is 3910. The Morgan fingerprint density at radius 1 is 0.386 bits per heavy atom. The van der Waals surface area contributed by atoms with E-state index in [-0.39, 0.29) is 57.6 Å². The number of benzene rings is 9. The maximum atomic E-state index is 10.0. The second kappa shape index (κ2) is 12.5. The van der Waals surface area contributed by atoms with E-state index in [9.17, 15) is 6.85 Å². The summed E-state index contributed by atoms with van der Waals surface area (Å²) < 4.78 is 75.7. The van der Waals surface area contributed by atoms with E-state index in [1.807, 2.05) is 91.0 Å². The largest absolute Gasteiger partial charge is 0.456 e. The van der Waals surface area contributed by atoms with Crippen LogP contribution in [0, 0.1) is 0 Å². The molecule has 0 radical (unpaired) electrons. The van der Waals surface area contributed by atoms with Gasteiger partial charge in [-0.3, -0.25) is 0 Å². The number of para-hydroxylation sites is 2.